The molecule has 0 nitrogen and oxygen atoms in total. The highest BCUT2D eigenvalue weighted by Crippen LogP contribution is 2.22. The van der Waals surface area contributed by atoms with Crippen LogP contribution in [-0.4, -0.2) is 0 Å². The van der Waals surface area contributed by atoms with Gasteiger partial charge in [0, 0.05) is 0 Å². The summed E-state index contributed by atoms with van der Waals surface area (Å²) >= 11 is 0. The Morgan fingerprint density at radius 2 is 1.28 bits per heavy atom. The second-order valence-corrected chi connectivity index (χ2v) is 8.60. The zero-order valence-corrected chi connectivity index (χ0v) is 23.5. The van der Waals surface area contributed by atoms with Crippen molar-refractivity contribution in [2.75, 3.05) is 0 Å². The molecule has 1 aromatic rings. The van der Waals surface area contributed by atoms with E-state index in [0.717, 1.165) is 0 Å². The molecule has 0 amide bonds. The van der Waals surface area contributed by atoms with Gasteiger partial charge in [0.2, 0.25) is 0 Å². The van der Waals surface area contributed by atoms with Crippen LogP contribution in [0, 0.1) is 13.8 Å². The van der Waals surface area contributed by atoms with Crippen molar-refractivity contribution in [1.29, 1.82) is 0 Å². The second kappa shape index (κ2) is 29.4. The molecule has 0 bridgehead atoms. The first-order valence-corrected chi connectivity index (χ1v) is 13.3. The monoisotopic (exact) mass is 442 g/mol. The molecule has 0 radical (unpaired) electrons. The highest BCUT2D eigenvalue weighted by atomic mass is 14.1. The Morgan fingerprint density at radius 3 is 1.59 bits per heavy atom. The van der Waals surface area contributed by atoms with Gasteiger partial charge in [-0.2, -0.15) is 0 Å². The summed E-state index contributed by atoms with van der Waals surface area (Å²) in [4.78, 5) is 0. The van der Waals surface area contributed by atoms with Crippen molar-refractivity contribution in [3.8, 4) is 0 Å². The van der Waals surface area contributed by atoms with E-state index < -0.39 is 0 Å². The minimum Gasteiger partial charge on any atom is -0.103 e. The normalized spacial score (nSPS) is 11.4. The van der Waals surface area contributed by atoms with Crippen LogP contribution in [0.15, 0.2) is 60.2 Å². The zero-order valence-electron chi connectivity index (χ0n) is 23.5. The van der Waals surface area contributed by atoms with Crippen LogP contribution in [-0.2, 0) is 0 Å². The second-order valence-electron chi connectivity index (χ2n) is 8.60. The molecule has 32 heavy (non-hydrogen) atoms. The minimum absolute atomic E-state index is 1.26. The smallest absolute Gasteiger partial charge is 0.0280 e. The van der Waals surface area contributed by atoms with E-state index in [4.69, 9.17) is 0 Å². The first-order chi connectivity index (χ1) is 15.4. The fraction of sp³-hybridized carbons (Fsp3) is 0.625. The van der Waals surface area contributed by atoms with E-state index in [1.165, 1.54) is 87.3 Å². The molecular weight excluding hydrogens is 384 g/mol. The van der Waals surface area contributed by atoms with Crippen LogP contribution in [0.4, 0.5) is 0 Å². The Labute approximate surface area is 204 Å². The van der Waals surface area contributed by atoms with Gasteiger partial charge in [-0.15, -0.1) is 6.58 Å². The molecule has 1 aliphatic rings. The van der Waals surface area contributed by atoms with Crippen molar-refractivity contribution in [2.45, 2.75) is 133 Å². The summed E-state index contributed by atoms with van der Waals surface area (Å²) in [7, 11) is 0. The molecule has 2 rings (SSSR count). The summed E-state index contributed by atoms with van der Waals surface area (Å²) in [5, 5.41) is 0. The number of unbranched alkanes of at least 4 members (excludes halogenated alkanes) is 5. The lowest BCUT2D eigenvalue weighted by atomic mass is 9.95. The Morgan fingerprint density at radius 1 is 0.781 bits per heavy atom. The molecule has 0 saturated carbocycles. The first-order valence-electron chi connectivity index (χ1n) is 13.3. The number of benzene rings is 1. The van der Waals surface area contributed by atoms with Crippen LogP contribution in [0.2, 0.25) is 0 Å². The fourth-order valence-electron chi connectivity index (χ4n) is 2.94. The van der Waals surface area contributed by atoms with Gasteiger partial charge in [0.15, 0.2) is 0 Å². The molecule has 0 atom stereocenters. The van der Waals surface area contributed by atoms with E-state index in [2.05, 4.69) is 98.4 Å². The summed E-state index contributed by atoms with van der Waals surface area (Å²) in [6.07, 6.45) is 21.1. The van der Waals surface area contributed by atoms with Crippen molar-refractivity contribution < 1.29 is 0 Å². The standard InChI is InChI=1S/C10H16.C8H10.C7H16.C4H10.C3H6/c1-3-6-10-8-5-4-7-9(10)2;1-7-4-3-5-8(2)6-7;1-3-5-7-6-4-2;1-3-4-2;1-3-2/h4,7H,3,5-6,8H2,1-2H3;3-6H,1-2H3;3-7H2,1-2H3;3-4H2,1-2H3;3H,1H2,2H3. The van der Waals surface area contributed by atoms with E-state index in [1.807, 2.05) is 6.92 Å². The maximum atomic E-state index is 3.36. The van der Waals surface area contributed by atoms with E-state index in [-0.39, 0.29) is 0 Å². The number of hydrogen-bond acceptors (Lipinski definition) is 0. The Bertz CT molecular complexity index is 536. The van der Waals surface area contributed by atoms with Crippen molar-refractivity contribution in [3.05, 3.63) is 71.3 Å². The van der Waals surface area contributed by atoms with Gasteiger partial charge < -0.3 is 0 Å². The highest BCUT2D eigenvalue weighted by molar-refractivity contribution is 5.27. The van der Waals surface area contributed by atoms with E-state index >= 15 is 0 Å². The lowest BCUT2D eigenvalue weighted by molar-refractivity contribution is 0.656. The summed E-state index contributed by atoms with van der Waals surface area (Å²) in [6, 6.07) is 8.45. The van der Waals surface area contributed by atoms with Crippen molar-refractivity contribution in [2.24, 2.45) is 0 Å². The van der Waals surface area contributed by atoms with Gasteiger partial charge in [0.1, 0.15) is 0 Å². The van der Waals surface area contributed by atoms with Crippen molar-refractivity contribution in [1.82, 2.24) is 0 Å². The van der Waals surface area contributed by atoms with Gasteiger partial charge in [-0.25, -0.2) is 0 Å². The highest BCUT2D eigenvalue weighted by Gasteiger charge is 2.02. The minimum atomic E-state index is 1.26. The van der Waals surface area contributed by atoms with Gasteiger partial charge in [0.25, 0.3) is 0 Å². The third kappa shape index (κ3) is 28.4. The lowest BCUT2D eigenvalue weighted by Gasteiger charge is -2.11. The molecule has 0 aromatic heterocycles. The molecule has 0 heterocycles. The topological polar surface area (TPSA) is 0 Å². The number of aryl methyl sites for hydroxylation is 2. The third-order valence-corrected chi connectivity index (χ3v) is 4.97. The molecule has 0 N–H and O–H groups in total. The van der Waals surface area contributed by atoms with Crippen molar-refractivity contribution in [3.63, 3.8) is 0 Å². The Kier molecular flexibility index (Phi) is 32.2. The quantitative estimate of drug-likeness (QED) is 0.291. The first kappa shape index (κ1) is 35.0. The van der Waals surface area contributed by atoms with Crippen LogP contribution in [0.25, 0.3) is 0 Å². The molecule has 0 unspecified atom stereocenters. The van der Waals surface area contributed by atoms with E-state index in [1.54, 1.807) is 11.6 Å². The zero-order chi connectivity index (χ0) is 25.0. The predicted molar refractivity (Wildman–Crippen MR) is 153 cm³/mol. The molecule has 1 aliphatic carbocycles. The SMILES string of the molecule is C=CC.CCCC.CCCC1=C(C)C=CCC1.CCCCCCC.Cc1cccc(C)c1. The molecule has 0 spiro atoms. The molecule has 0 heteroatoms. The molecule has 0 fully saturated rings. The summed E-state index contributed by atoms with van der Waals surface area (Å²) in [6.45, 7) is 22.8. The van der Waals surface area contributed by atoms with Gasteiger partial charge in [0.05, 0.1) is 0 Å². The molecule has 0 saturated heterocycles. The third-order valence-electron chi connectivity index (χ3n) is 4.97. The van der Waals surface area contributed by atoms with Crippen LogP contribution < -0.4 is 0 Å². The summed E-state index contributed by atoms with van der Waals surface area (Å²) in [5.74, 6) is 0. The van der Waals surface area contributed by atoms with Crippen LogP contribution in [0.3, 0.4) is 0 Å². The maximum absolute atomic E-state index is 3.36. The van der Waals surface area contributed by atoms with Gasteiger partial charge in [-0.05, 0) is 47.0 Å². The average molecular weight is 443 g/mol. The summed E-state index contributed by atoms with van der Waals surface area (Å²) < 4.78 is 0. The number of rotatable bonds is 7. The van der Waals surface area contributed by atoms with Gasteiger partial charge in [-0.1, -0.05) is 151 Å². The molecule has 1 aromatic carbocycles. The summed E-state index contributed by atoms with van der Waals surface area (Å²) in [5.41, 5.74) is 5.85. The predicted octanol–water partition coefficient (Wildman–Crippen LogP) is 11.7. The largest absolute Gasteiger partial charge is 0.103 e. The molecule has 186 valence electrons. The molecular formula is C32H58. The van der Waals surface area contributed by atoms with E-state index in [0.29, 0.717) is 0 Å². The Balaban J connectivity index is -0.000000349. The molecule has 0 aliphatic heterocycles. The van der Waals surface area contributed by atoms with Gasteiger partial charge in [-0.3, -0.25) is 0 Å². The van der Waals surface area contributed by atoms with E-state index in [9.17, 15) is 0 Å². The lowest BCUT2D eigenvalue weighted by Crippen LogP contribution is -1.91. The fourth-order valence-corrected chi connectivity index (χ4v) is 2.94. The van der Waals surface area contributed by atoms with Crippen LogP contribution in [0.1, 0.15) is 130 Å². The number of hydrogen-bond donors (Lipinski definition) is 0. The average Bonchev–Trinajstić information content (AvgIpc) is 2.77. The number of allylic oxidation sites excluding steroid dienone is 5. The Hall–Kier alpha value is -1.56. The van der Waals surface area contributed by atoms with Crippen molar-refractivity contribution >= 4 is 0 Å². The van der Waals surface area contributed by atoms with Crippen LogP contribution >= 0.6 is 0 Å². The van der Waals surface area contributed by atoms with Gasteiger partial charge >= 0.3 is 0 Å². The maximum Gasteiger partial charge on any atom is -0.0280 e. The van der Waals surface area contributed by atoms with Crippen LogP contribution in [0.5, 0.6) is 0 Å².